The molecule has 1 aliphatic heterocycles. The molecule has 1 aliphatic rings. The van der Waals surface area contributed by atoms with Crippen LogP contribution < -0.4 is 5.32 Å². The summed E-state index contributed by atoms with van der Waals surface area (Å²) in [4.78, 5) is 39.6. The van der Waals surface area contributed by atoms with Crippen molar-refractivity contribution in [3.63, 3.8) is 0 Å². The Kier molecular flexibility index (Phi) is 5.68. The lowest BCUT2D eigenvalue weighted by Crippen LogP contribution is -2.53. The first kappa shape index (κ1) is 17.7. The lowest BCUT2D eigenvalue weighted by molar-refractivity contribution is -0.146. The molecule has 0 atom stereocenters. The van der Waals surface area contributed by atoms with Crippen molar-refractivity contribution in [2.75, 3.05) is 32.7 Å². The van der Waals surface area contributed by atoms with Gasteiger partial charge >= 0.3 is 11.8 Å². The Morgan fingerprint density at radius 2 is 1.62 bits per heavy atom. The SMILES string of the molecule is O=C(NCCc1ccccc1)C(=O)N1CCN(C(=O)c2ccco2)CC1. The monoisotopic (exact) mass is 355 g/mol. The number of hydrogen-bond donors (Lipinski definition) is 1. The van der Waals surface area contributed by atoms with Gasteiger partial charge in [0.15, 0.2) is 5.76 Å². The molecule has 26 heavy (non-hydrogen) atoms. The molecule has 0 unspecified atom stereocenters. The second-order valence-electron chi connectivity index (χ2n) is 6.05. The Labute approximate surface area is 151 Å². The van der Waals surface area contributed by atoms with Gasteiger partial charge in [0.05, 0.1) is 6.26 Å². The lowest BCUT2D eigenvalue weighted by Gasteiger charge is -2.33. The zero-order chi connectivity index (χ0) is 18.4. The number of furan rings is 1. The number of piperazine rings is 1. The summed E-state index contributed by atoms with van der Waals surface area (Å²) in [6.07, 6.45) is 2.12. The molecule has 7 heteroatoms. The van der Waals surface area contributed by atoms with Gasteiger partial charge in [-0.1, -0.05) is 30.3 Å². The third-order valence-corrected chi connectivity index (χ3v) is 4.32. The smallest absolute Gasteiger partial charge is 0.312 e. The van der Waals surface area contributed by atoms with Crippen LogP contribution >= 0.6 is 0 Å². The zero-order valence-electron chi connectivity index (χ0n) is 14.4. The van der Waals surface area contributed by atoms with Crippen molar-refractivity contribution in [3.8, 4) is 0 Å². The highest BCUT2D eigenvalue weighted by molar-refractivity contribution is 6.35. The summed E-state index contributed by atoms with van der Waals surface area (Å²) in [5, 5.41) is 2.66. The van der Waals surface area contributed by atoms with Crippen LogP contribution in [0.25, 0.3) is 0 Å². The first-order valence-corrected chi connectivity index (χ1v) is 8.59. The molecule has 1 N–H and O–H groups in total. The molecule has 2 heterocycles. The minimum atomic E-state index is -0.605. The van der Waals surface area contributed by atoms with Gasteiger partial charge in [0.1, 0.15) is 0 Å². The van der Waals surface area contributed by atoms with E-state index in [0.29, 0.717) is 39.1 Å². The second-order valence-corrected chi connectivity index (χ2v) is 6.05. The number of amides is 3. The molecule has 136 valence electrons. The van der Waals surface area contributed by atoms with Gasteiger partial charge in [0.2, 0.25) is 0 Å². The van der Waals surface area contributed by atoms with E-state index in [9.17, 15) is 14.4 Å². The van der Waals surface area contributed by atoms with Gasteiger partial charge in [-0.05, 0) is 24.1 Å². The van der Waals surface area contributed by atoms with Crippen LogP contribution in [0.4, 0.5) is 0 Å². The molecule has 0 aliphatic carbocycles. The lowest BCUT2D eigenvalue weighted by atomic mass is 10.1. The van der Waals surface area contributed by atoms with E-state index in [0.717, 1.165) is 5.56 Å². The van der Waals surface area contributed by atoms with Gasteiger partial charge in [-0.15, -0.1) is 0 Å². The molecule has 0 radical (unpaired) electrons. The maximum atomic E-state index is 12.2. The molecule has 1 aromatic heterocycles. The van der Waals surface area contributed by atoms with Crippen molar-refractivity contribution in [3.05, 3.63) is 60.1 Å². The van der Waals surface area contributed by atoms with Crippen molar-refractivity contribution >= 4 is 17.7 Å². The predicted octanol–water partition coefficient (Wildman–Crippen LogP) is 0.923. The summed E-state index contributed by atoms with van der Waals surface area (Å²) in [5.74, 6) is -1.08. The van der Waals surface area contributed by atoms with Crippen LogP contribution in [0, 0.1) is 0 Å². The normalized spacial score (nSPS) is 14.2. The minimum absolute atomic E-state index is 0.200. The minimum Gasteiger partial charge on any atom is -0.459 e. The molecular formula is C19H21N3O4. The summed E-state index contributed by atoms with van der Waals surface area (Å²) in [6, 6.07) is 13.0. The van der Waals surface area contributed by atoms with Gasteiger partial charge in [0.25, 0.3) is 5.91 Å². The summed E-state index contributed by atoms with van der Waals surface area (Å²) in [5.41, 5.74) is 1.10. The molecule has 1 fully saturated rings. The summed E-state index contributed by atoms with van der Waals surface area (Å²) in [6.45, 7) is 1.82. The van der Waals surface area contributed by atoms with Gasteiger partial charge in [-0.2, -0.15) is 0 Å². The molecular weight excluding hydrogens is 334 g/mol. The molecule has 3 amide bonds. The maximum Gasteiger partial charge on any atom is 0.312 e. The number of rotatable bonds is 4. The van der Waals surface area contributed by atoms with Crippen molar-refractivity contribution in [1.82, 2.24) is 15.1 Å². The number of carbonyl (C=O) groups excluding carboxylic acids is 3. The fraction of sp³-hybridized carbons (Fsp3) is 0.316. The van der Waals surface area contributed by atoms with E-state index in [1.54, 1.807) is 17.0 Å². The van der Waals surface area contributed by atoms with Crippen LogP contribution in [0.3, 0.4) is 0 Å². The summed E-state index contributed by atoms with van der Waals surface area (Å²) in [7, 11) is 0. The van der Waals surface area contributed by atoms with Crippen molar-refractivity contribution in [2.45, 2.75) is 6.42 Å². The average Bonchev–Trinajstić information content (AvgIpc) is 3.22. The Morgan fingerprint density at radius 1 is 0.923 bits per heavy atom. The van der Waals surface area contributed by atoms with Gasteiger partial charge in [-0.3, -0.25) is 14.4 Å². The van der Waals surface area contributed by atoms with E-state index >= 15 is 0 Å². The molecule has 2 aromatic rings. The molecule has 3 rings (SSSR count). The fourth-order valence-corrected chi connectivity index (χ4v) is 2.85. The van der Waals surface area contributed by atoms with Gasteiger partial charge < -0.3 is 19.5 Å². The van der Waals surface area contributed by atoms with Gasteiger partial charge in [-0.25, -0.2) is 0 Å². The highest BCUT2D eigenvalue weighted by atomic mass is 16.3. The van der Waals surface area contributed by atoms with Crippen molar-refractivity contribution < 1.29 is 18.8 Å². The number of nitrogens with zero attached hydrogens (tertiary/aromatic N) is 2. The van der Waals surface area contributed by atoms with E-state index in [1.807, 2.05) is 30.3 Å². The van der Waals surface area contributed by atoms with E-state index in [2.05, 4.69) is 5.32 Å². The topological polar surface area (TPSA) is 82.9 Å². The molecule has 0 bridgehead atoms. The highest BCUT2D eigenvalue weighted by Crippen LogP contribution is 2.09. The fourth-order valence-electron chi connectivity index (χ4n) is 2.85. The molecule has 1 saturated heterocycles. The van der Waals surface area contributed by atoms with Gasteiger partial charge in [0, 0.05) is 32.7 Å². The number of carbonyl (C=O) groups is 3. The third-order valence-electron chi connectivity index (χ3n) is 4.32. The van der Waals surface area contributed by atoms with Crippen LogP contribution in [0.2, 0.25) is 0 Å². The highest BCUT2D eigenvalue weighted by Gasteiger charge is 2.28. The molecule has 1 aromatic carbocycles. The largest absolute Gasteiger partial charge is 0.459 e. The molecule has 7 nitrogen and oxygen atoms in total. The standard InChI is InChI=1S/C19H21N3O4/c23-17(20-9-8-15-5-2-1-3-6-15)19(25)22-12-10-21(11-13-22)18(24)16-7-4-14-26-16/h1-7,14H,8-13H2,(H,20,23). The summed E-state index contributed by atoms with van der Waals surface area (Å²) >= 11 is 0. The number of nitrogens with one attached hydrogen (secondary N) is 1. The van der Waals surface area contributed by atoms with Crippen molar-refractivity contribution in [1.29, 1.82) is 0 Å². The Morgan fingerprint density at radius 3 is 2.27 bits per heavy atom. The van der Waals surface area contributed by atoms with Crippen LogP contribution in [-0.4, -0.2) is 60.2 Å². The van der Waals surface area contributed by atoms with Crippen molar-refractivity contribution in [2.24, 2.45) is 0 Å². The average molecular weight is 355 g/mol. The predicted molar refractivity (Wildman–Crippen MR) is 94.3 cm³/mol. The first-order valence-electron chi connectivity index (χ1n) is 8.59. The van der Waals surface area contributed by atoms with Crippen LogP contribution in [0.5, 0.6) is 0 Å². The van der Waals surface area contributed by atoms with E-state index < -0.39 is 11.8 Å². The van der Waals surface area contributed by atoms with E-state index in [1.165, 1.54) is 11.2 Å². The quantitative estimate of drug-likeness (QED) is 0.827. The maximum absolute atomic E-state index is 12.2. The van der Waals surface area contributed by atoms with E-state index in [-0.39, 0.29) is 11.7 Å². The van der Waals surface area contributed by atoms with E-state index in [4.69, 9.17) is 4.42 Å². The summed E-state index contributed by atoms with van der Waals surface area (Å²) < 4.78 is 5.11. The second kappa shape index (κ2) is 8.33. The Balaban J connectivity index is 1.42. The first-order chi connectivity index (χ1) is 12.6. The number of hydrogen-bond acceptors (Lipinski definition) is 4. The molecule has 0 spiro atoms. The van der Waals surface area contributed by atoms with Crippen LogP contribution in [-0.2, 0) is 16.0 Å². The Hall–Kier alpha value is -3.09. The Bertz CT molecular complexity index is 750. The third kappa shape index (κ3) is 4.30. The van der Waals surface area contributed by atoms with Crippen LogP contribution in [0.1, 0.15) is 16.1 Å². The zero-order valence-corrected chi connectivity index (χ0v) is 14.4. The number of benzene rings is 1. The van der Waals surface area contributed by atoms with Crippen LogP contribution in [0.15, 0.2) is 53.1 Å². The molecule has 0 saturated carbocycles.